The van der Waals surface area contributed by atoms with E-state index in [1.807, 2.05) is 0 Å². The fraction of sp³-hybridized carbons (Fsp3) is 0.667. The van der Waals surface area contributed by atoms with E-state index in [-0.39, 0.29) is 18.8 Å². The highest BCUT2D eigenvalue weighted by Gasteiger charge is 2.09. The molecule has 0 rings (SSSR count). The highest BCUT2D eigenvalue weighted by molar-refractivity contribution is 5.92. The molecule has 52 valence electrons. The van der Waals surface area contributed by atoms with E-state index in [1.54, 1.807) is 0 Å². The van der Waals surface area contributed by atoms with Crippen molar-refractivity contribution in [3.63, 3.8) is 0 Å². The van der Waals surface area contributed by atoms with Crippen LogP contribution in [-0.2, 0) is 9.59 Å². The molecule has 0 radical (unpaired) electrons. The zero-order valence-electron chi connectivity index (χ0n) is 5.33. The zero-order chi connectivity index (χ0) is 7.28. The first-order chi connectivity index (χ1) is 4.22. The highest BCUT2D eigenvalue weighted by atomic mass is 16.3. The van der Waals surface area contributed by atoms with Crippen molar-refractivity contribution in [2.24, 2.45) is 5.92 Å². The van der Waals surface area contributed by atoms with Gasteiger partial charge in [0.1, 0.15) is 12.1 Å². The molecule has 0 aromatic heterocycles. The van der Waals surface area contributed by atoms with Gasteiger partial charge in [-0.15, -0.1) is 0 Å². The molecule has 3 nitrogen and oxygen atoms in total. The minimum Gasteiger partial charge on any atom is -0.396 e. The van der Waals surface area contributed by atoms with Crippen LogP contribution in [0.5, 0.6) is 0 Å². The molecular formula is C6H10O3. The summed E-state index contributed by atoms with van der Waals surface area (Å²) in [6.45, 7) is 1.35. The number of carbonyl (C=O) groups is 2. The van der Waals surface area contributed by atoms with Gasteiger partial charge in [0, 0.05) is 13.0 Å². The van der Waals surface area contributed by atoms with Crippen molar-refractivity contribution >= 4 is 12.1 Å². The Morgan fingerprint density at radius 2 is 2.33 bits per heavy atom. The van der Waals surface area contributed by atoms with Crippen LogP contribution in [0.4, 0.5) is 0 Å². The highest BCUT2D eigenvalue weighted by Crippen LogP contribution is 1.94. The summed E-state index contributed by atoms with van der Waals surface area (Å²) in [7, 11) is 0. The van der Waals surface area contributed by atoms with E-state index < -0.39 is 5.92 Å². The van der Waals surface area contributed by atoms with Crippen molar-refractivity contribution in [2.45, 2.75) is 13.3 Å². The molecule has 0 bridgehead atoms. The summed E-state index contributed by atoms with van der Waals surface area (Å²) >= 11 is 0. The summed E-state index contributed by atoms with van der Waals surface area (Å²) in [6.07, 6.45) is 0.665. The molecule has 1 N–H and O–H groups in total. The maximum absolute atomic E-state index is 10.6. The monoisotopic (exact) mass is 130 g/mol. The number of hydrogen-bond acceptors (Lipinski definition) is 3. The molecule has 0 aliphatic carbocycles. The van der Waals surface area contributed by atoms with E-state index in [0.29, 0.717) is 6.29 Å². The van der Waals surface area contributed by atoms with Gasteiger partial charge in [-0.05, 0) is 6.92 Å². The quantitative estimate of drug-likeness (QED) is 0.422. The van der Waals surface area contributed by atoms with E-state index in [0.717, 1.165) is 0 Å². The molecular weight excluding hydrogens is 120 g/mol. The second-order valence-corrected chi connectivity index (χ2v) is 1.86. The minimum absolute atomic E-state index is 0.0832. The van der Waals surface area contributed by atoms with Gasteiger partial charge in [0.15, 0.2) is 0 Å². The van der Waals surface area contributed by atoms with Gasteiger partial charge < -0.3 is 9.90 Å². The number of rotatable bonds is 4. The molecule has 1 unspecified atom stereocenters. The largest absolute Gasteiger partial charge is 0.396 e. The van der Waals surface area contributed by atoms with Gasteiger partial charge in [-0.1, -0.05) is 0 Å². The fourth-order valence-electron chi connectivity index (χ4n) is 0.414. The summed E-state index contributed by atoms with van der Waals surface area (Å²) in [4.78, 5) is 20.5. The number of aldehydes is 1. The molecule has 0 aromatic rings. The molecule has 1 atom stereocenters. The summed E-state index contributed by atoms with van der Waals surface area (Å²) in [5, 5.41) is 8.24. The molecule has 0 saturated heterocycles. The van der Waals surface area contributed by atoms with Crippen LogP contribution in [0.15, 0.2) is 0 Å². The van der Waals surface area contributed by atoms with Gasteiger partial charge in [-0.3, -0.25) is 4.79 Å². The number of hydrogen-bond donors (Lipinski definition) is 1. The van der Waals surface area contributed by atoms with Crippen LogP contribution in [0.2, 0.25) is 0 Å². The van der Waals surface area contributed by atoms with Gasteiger partial charge in [0.2, 0.25) is 0 Å². The number of carbonyl (C=O) groups excluding carboxylic acids is 2. The minimum atomic E-state index is -0.558. The van der Waals surface area contributed by atoms with E-state index in [9.17, 15) is 9.59 Å². The Morgan fingerprint density at radius 1 is 1.78 bits per heavy atom. The van der Waals surface area contributed by atoms with Crippen LogP contribution in [0, 0.1) is 5.92 Å². The van der Waals surface area contributed by atoms with Crippen LogP contribution in [0.25, 0.3) is 0 Å². The predicted molar refractivity (Wildman–Crippen MR) is 31.9 cm³/mol. The van der Waals surface area contributed by atoms with Gasteiger partial charge >= 0.3 is 0 Å². The molecule has 3 heteroatoms. The molecule has 0 amide bonds. The van der Waals surface area contributed by atoms with Gasteiger partial charge in [0.05, 0.1) is 5.92 Å². The van der Waals surface area contributed by atoms with Gasteiger partial charge in [-0.2, -0.15) is 0 Å². The Kier molecular flexibility index (Phi) is 3.88. The van der Waals surface area contributed by atoms with Crippen molar-refractivity contribution in [2.75, 3.05) is 6.61 Å². The Balaban J connectivity index is 3.58. The number of Topliss-reactive ketones (excluding diaryl/α,β-unsaturated/α-hetero) is 1. The van der Waals surface area contributed by atoms with Crippen molar-refractivity contribution in [1.29, 1.82) is 0 Å². The predicted octanol–water partition coefficient (Wildman–Crippen LogP) is -0.227. The molecule has 0 aliphatic heterocycles. The summed E-state index contributed by atoms with van der Waals surface area (Å²) in [5.74, 6) is -0.760. The van der Waals surface area contributed by atoms with E-state index in [4.69, 9.17) is 5.11 Å². The maximum atomic E-state index is 10.6. The maximum Gasteiger partial charge on any atom is 0.145 e. The van der Waals surface area contributed by atoms with Crippen molar-refractivity contribution in [3.8, 4) is 0 Å². The molecule has 0 saturated carbocycles. The first-order valence-electron chi connectivity index (χ1n) is 2.81. The molecule has 0 aromatic carbocycles. The van der Waals surface area contributed by atoms with E-state index in [1.165, 1.54) is 6.92 Å². The molecule has 9 heavy (non-hydrogen) atoms. The van der Waals surface area contributed by atoms with Gasteiger partial charge in [0.25, 0.3) is 0 Å². The van der Waals surface area contributed by atoms with Crippen LogP contribution < -0.4 is 0 Å². The molecule has 0 fully saturated rings. The molecule has 0 aliphatic rings. The summed E-state index contributed by atoms with van der Waals surface area (Å²) in [5.41, 5.74) is 0. The van der Waals surface area contributed by atoms with Crippen LogP contribution in [0.3, 0.4) is 0 Å². The molecule has 0 spiro atoms. The van der Waals surface area contributed by atoms with Crippen molar-refractivity contribution in [1.82, 2.24) is 0 Å². The first kappa shape index (κ1) is 8.30. The third-order valence-electron chi connectivity index (χ3n) is 1.07. The summed E-state index contributed by atoms with van der Waals surface area (Å²) < 4.78 is 0. The molecule has 0 heterocycles. The number of ketones is 1. The third kappa shape index (κ3) is 2.98. The van der Waals surface area contributed by atoms with E-state index >= 15 is 0 Å². The normalized spacial score (nSPS) is 12.7. The Hall–Kier alpha value is -0.700. The average molecular weight is 130 g/mol. The average Bonchev–Trinajstić information content (AvgIpc) is 1.87. The summed E-state index contributed by atoms with van der Waals surface area (Å²) in [6, 6.07) is 0. The fourth-order valence-corrected chi connectivity index (χ4v) is 0.414. The van der Waals surface area contributed by atoms with Crippen LogP contribution in [-0.4, -0.2) is 23.8 Å². The Labute approximate surface area is 53.7 Å². The van der Waals surface area contributed by atoms with E-state index in [2.05, 4.69) is 0 Å². The first-order valence-corrected chi connectivity index (χ1v) is 2.81. The zero-order valence-corrected chi connectivity index (χ0v) is 5.33. The number of aliphatic hydroxyl groups excluding tert-OH is 1. The third-order valence-corrected chi connectivity index (χ3v) is 1.07. The van der Waals surface area contributed by atoms with Crippen molar-refractivity contribution < 1.29 is 14.7 Å². The van der Waals surface area contributed by atoms with Crippen molar-refractivity contribution in [3.05, 3.63) is 0 Å². The smallest absolute Gasteiger partial charge is 0.145 e. The lowest BCUT2D eigenvalue weighted by Gasteiger charge is -1.97. The SMILES string of the molecule is CC(C=O)C(=O)CCO. The number of aliphatic hydroxyl groups is 1. The van der Waals surface area contributed by atoms with Gasteiger partial charge in [-0.25, -0.2) is 0 Å². The topological polar surface area (TPSA) is 54.4 Å². The Morgan fingerprint density at radius 3 is 2.67 bits per heavy atom. The second kappa shape index (κ2) is 4.21. The lowest BCUT2D eigenvalue weighted by molar-refractivity contribution is -0.127. The standard InChI is InChI=1S/C6H10O3/c1-5(4-8)6(9)2-3-7/h4-5,7H,2-3H2,1H3. The van der Waals surface area contributed by atoms with Crippen LogP contribution >= 0.6 is 0 Å². The Bertz CT molecular complexity index is 109. The lowest BCUT2D eigenvalue weighted by atomic mass is 10.1. The van der Waals surface area contributed by atoms with Crippen LogP contribution in [0.1, 0.15) is 13.3 Å². The second-order valence-electron chi connectivity index (χ2n) is 1.86. The lowest BCUT2D eigenvalue weighted by Crippen LogP contribution is -2.12.